The predicted molar refractivity (Wildman–Crippen MR) is 77.8 cm³/mol. The van der Waals surface area contributed by atoms with Gasteiger partial charge in [-0.25, -0.2) is 8.78 Å². The molecule has 1 atom stereocenters. The molecule has 0 spiro atoms. The first-order valence-corrected chi connectivity index (χ1v) is 6.78. The van der Waals surface area contributed by atoms with E-state index < -0.39 is 0 Å². The average molecular weight is 296 g/mol. The van der Waals surface area contributed by atoms with E-state index in [1.54, 1.807) is 25.1 Å². The third-order valence-corrected chi connectivity index (χ3v) is 3.54. The van der Waals surface area contributed by atoms with Gasteiger partial charge in [-0.3, -0.25) is 0 Å². The van der Waals surface area contributed by atoms with E-state index >= 15 is 0 Å². The Morgan fingerprint density at radius 3 is 2.50 bits per heavy atom. The molecule has 0 fully saturated rings. The summed E-state index contributed by atoms with van der Waals surface area (Å²) in [6, 6.07) is 9.63. The summed E-state index contributed by atoms with van der Waals surface area (Å²) in [6.45, 7) is 4.00. The standard InChI is InChI=1S/C16H16ClF2N/c1-10-3-4-12(7-15(10)18)11(2)20-9-13-5-6-14(17)8-16(13)19/h3-8,11,20H,9H2,1-2H3. The summed E-state index contributed by atoms with van der Waals surface area (Å²) in [5.41, 5.74) is 1.99. The largest absolute Gasteiger partial charge is 0.306 e. The molecule has 2 aromatic rings. The van der Waals surface area contributed by atoms with Gasteiger partial charge in [0, 0.05) is 23.2 Å². The van der Waals surface area contributed by atoms with Gasteiger partial charge in [-0.05, 0) is 43.2 Å². The van der Waals surface area contributed by atoms with Crippen LogP contribution < -0.4 is 5.32 Å². The zero-order valence-corrected chi connectivity index (χ0v) is 12.1. The second-order valence-corrected chi connectivity index (χ2v) is 5.28. The van der Waals surface area contributed by atoms with Crippen molar-refractivity contribution in [2.24, 2.45) is 0 Å². The molecular weight excluding hydrogens is 280 g/mol. The maximum atomic E-state index is 13.6. The van der Waals surface area contributed by atoms with Crippen LogP contribution >= 0.6 is 11.6 Å². The van der Waals surface area contributed by atoms with E-state index in [0.29, 0.717) is 22.7 Å². The molecule has 2 rings (SSSR count). The third-order valence-electron chi connectivity index (χ3n) is 3.31. The van der Waals surface area contributed by atoms with Gasteiger partial charge in [-0.2, -0.15) is 0 Å². The van der Waals surface area contributed by atoms with Crippen LogP contribution in [0.1, 0.15) is 29.7 Å². The maximum Gasteiger partial charge on any atom is 0.129 e. The van der Waals surface area contributed by atoms with Crippen LogP contribution in [0.3, 0.4) is 0 Å². The average Bonchev–Trinajstić information content (AvgIpc) is 2.40. The second-order valence-electron chi connectivity index (χ2n) is 4.85. The van der Waals surface area contributed by atoms with Crippen LogP contribution in [0.2, 0.25) is 5.02 Å². The van der Waals surface area contributed by atoms with Gasteiger partial charge < -0.3 is 5.32 Å². The summed E-state index contributed by atoms with van der Waals surface area (Å²) < 4.78 is 27.1. The molecule has 0 radical (unpaired) electrons. The van der Waals surface area contributed by atoms with Crippen molar-refractivity contribution >= 4 is 11.6 Å². The first-order chi connectivity index (χ1) is 9.47. The number of halogens is 3. The zero-order chi connectivity index (χ0) is 14.7. The van der Waals surface area contributed by atoms with E-state index in [0.717, 1.165) is 5.56 Å². The van der Waals surface area contributed by atoms with Gasteiger partial charge in [0.2, 0.25) is 0 Å². The van der Waals surface area contributed by atoms with Crippen LogP contribution in [0, 0.1) is 18.6 Å². The lowest BCUT2D eigenvalue weighted by Crippen LogP contribution is -2.19. The fourth-order valence-corrected chi connectivity index (χ4v) is 2.08. The summed E-state index contributed by atoms with van der Waals surface area (Å²) in [6.07, 6.45) is 0. The third kappa shape index (κ3) is 3.56. The van der Waals surface area contributed by atoms with Crippen molar-refractivity contribution < 1.29 is 8.78 Å². The molecule has 106 valence electrons. The zero-order valence-electron chi connectivity index (χ0n) is 11.4. The van der Waals surface area contributed by atoms with Crippen molar-refractivity contribution in [1.29, 1.82) is 0 Å². The van der Waals surface area contributed by atoms with E-state index in [2.05, 4.69) is 5.32 Å². The molecule has 1 nitrogen and oxygen atoms in total. The minimum Gasteiger partial charge on any atom is -0.306 e. The Bertz CT molecular complexity index is 613. The monoisotopic (exact) mass is 295 g/mol. The summed E-state index contributed by atoms with van der Waals surface area (Å²) in [5.74, 6) is -0.568. The highest BCUT2D eigenvalue weighted by Gasteiger charge is 2.09. The van der Waals surface area contributed by atoms with Crippen molar-refractivity contribution in [3.8, 4) is 0 Å². The van der Waals surface area contributed by atoms with Gasteiger partial charge in [-0.15, -0.1) is 0 Å². The molecular formula is C16H16ClF2N. The van der Waals surface area contributed by atoms with E-state index in [9.17, 15) is 8.78 Å². The topological polar surface area (TPSA) is 12.0 Å². The summed E-state index contributed by atoms with van der Waals surface area (Å²) in [4.78, 5) is 0. The van der Waals surface area contributed by atoms with Gasteiger partial charge in [0.1, 0.15) is 11.6 Å². The number of hydrogen-bond donors (Lipinski definition) is 1. The van der Waals surface area contributed by atoms with Crippen molar-refractivity contribution in [3.05, 3.63) is 69.7 Å². The Morgan fingerprint density at radius 2 is 1.85 bits per heavy atom. The number of rotatable bonds is 4. The fourth-order valence-electron chi connectivity index (χ4n) is 1.92. The van der Waals surface area contributed by atoms with Crippen LogP contribution in [0.25, 0.3) is 0 Å². The lowest BCUT2D eigenvalue weighted by molar-refractivity contribution is 0.539. The molecule has 0 aliphatic rings. The molecule has 2 aromatic carbocycles. The Balaban J connectivity index is 2.04. The highest BCUT2D eigenvalue weighted by atomic mass is 35.5. The van der Waals surface area contributed by atoms with E-state index in [-0.39, 0.29) is 17.7 Å². The molecule has 0 saturated heterocycles. The number of aryl methyl sites for hydroxylation is 1. The van der Waals surface area contributed by atoms with Crippen LogP contribution in [0.4, 0.5) is 8.78 Å². The lowest BCUT2D eigenvalue weighted by atomic mass is 10.1. The van der Waals surface area contributed by atoms with E-state index in [1.165, 1.54) is 12.1 Å². The molecule has 4 heteroatoms. The molecule has 0 aromatic heterocycles. The van der Waals surface area contributed by atoms with Crippen LogP contribution in [0.15, 0.2) is 36.4 Å². The smallest absolute Gasteiger partial charge is 0.129 e. The van der Waals surface area contributed by atoms with Crippen molar-refractivity contribution in [3.63, 3.8) is 0 Å². The fraction of sp³-hybridized carbons (Fsp3) is 0.250. The first kappa shape index (κ1) is 14.9. The van der Waals surface area contributed by atoms with Crippen LogP contribution in [-0.4, -0.2) is 0 Å². The predicted octanol–water partition coefficient (Wildman–Crippen LogP) is 4.78. The molecule has 0 bridgehead atoms. The summed E-state index contributed by atoms with van der Waals surface area (Å²) in [7, 11) is 0. The SMILES string of the molecule is Cc1ccc(C(C)NCc2ccc(Cl)cc2F)cc1F. The Labute approximate surface area is 122 Å². The Hall–Kier alpha value is -1.45. The van der Waals surface area contributed by atoms with Crippen LogP contribution in [-0.2, 0) is 6.54 Å². The summed E-state index contributed by atoms with van der Waals surface area (Å²) >= 11 is 5.71. The molecule has 0 saturated carbocycles. The van der Waals surface area contributed by atoms with Gasteiger partial charge in [0.25, 0.3) is 0 Å². The Morgan fingerprint density at radius 1 is 1.10 bits per heavy atom. The van der Waals surface area contributed by atoms with Gasteiger partial charge in [0.15, 0.2) is 0 Å². The normalized spacial score (nSPS) is 12.4. The summed E-state index contributed by atoms with van der Waals surface area (Å²) in [5, 5.41) is 3.55. The molecule has 0 amide bonds. The lowest BCUT2D eigenvalue weighted by Gasteiger charge is -2.15. The van der Waals surface area contributed by atoms with E-state index in [1.807, 2.05) is 13.0 Å². The molecule has 1 N–H and O–H groups in total. The maximum absolute atomic E-state index is 13.6. The highest BCUT2D eigenvalue weighted by Crippen LogP contribution is 2.18. The van der Waals surface area contributed by atoms with Gasteiger partial charge in [0.05, 0.1) is 0 Å². The van der Waals surface area contributed by atoms with Crippen molar-refractivity contribution in [2.75, 3.05) is 0 Å². The number of nitrogens with one attached hydrogen (secondary N) is 1. The molecule has 0 aliphatic heterocycles. The molecule has 20 heavy (non-hydrogen) atoms. The molecule has 1 unspecified atom stereocenters. The van der Waals surface area contributed by atoms with E-state index in [4.69, 9.17) is 11.6 Å². The van der Waals surface area contributed by atoms with Crippen LogP contribution in [0.5, 0.6) is 0 Å². The Kier molecular flexibility index (Phi) is 4.73. The van der Waals surface area contributed by atoms with Gasteiger partial charge >= 0.3 is 0 Å². The first-order valence-electron chi connectivity index (χ1n) is 6.40. The minimum atomic E-state index is -0.340. The minimum absolute atomic E-state index is 0.0693. The quantitative estimate of drug-likeness (QED) is 0.856. The van der Waals surface area contributed by atoms with Crippen molar-refractivity contribution in [2.45, 2.75) is 26.4 Å². The second kappa shape index (κ2) is 6.33. The molecule has 0 heterocycles. The van der Waals surface area contributed by atoms with Gasteiger partial charge in [-0.1, -0.05) is 29.8 Å². The van der Waals surface area contributed by atoms with Crippen molar-refractivity contribution in [1.82, 2.24) is 5.32 Å². The number of benzene rings is 2. The highest BCUT2D eigenvalue weighted by molar-refractivity contribution is 6.30. The molecule has 0 aliphatic carbocycles. The number of hydrogen-bond acceptors (Lipinski definition) is 1.